The molecule has 0 aliphatic carbocycles. The number of ether oxygens (including phenoxy) is 1. The number of rotatable bonds is 5. The van der Waals surface area contributed by atoms with Crippen molar-refractivity contribution >= 4 is 17.5 Å². The molecule has 1 fully saturated rings. The third-order valence-corrected chi connectivity index (χ3v) is 4.65. The summed E-state index contributed by atoms with van der Waals surface area (Å²) in [4.78, 5) is 28.9. The van der Waals surface area contributed by atoms with Gasteiger partial charge in [0.25, 0.3) is 5.91 Å². The number of benzene rings is 1. The van der Waals surface area contributed by atoms with Crippen molar-refractivity contribution in [3.8, 4) is 5.75 Å². The topological polar surface area (TPSA) is 67.7 Å². The first-order valence-electron chi connectivity index (χ1n) is 9.16. The molecular weight excluding hydrogens is 344 g/mol. The van der Waals surface area contributed by atoms with Crippen LogP contribution in [0.1, 0.15) is 30.0 Å². The molecule has 144 valence electrons. The predicted octanol–water partition coefficient (Wildman–Crippen LogP) is 2.12. The highest BCUT2D eigenvalue weighted by molar-refractivity contribution is 6.01. The number of aromatic nitrogens is 2. The van der Waals surface area contributed by atoms with Crippen molar-refractivity contribution in [3.05, 3.63) is 41.7 Å². The molecule has 0 atom stereocenters. The maximum absolute atomic E-state index is 12.9. The van der Waals surface area contributed by atoms with Crippen LogP contribution in [-0.4, -0.2) is 53.2 Å². The minimum Gasteiger partial charge on any atom is -0.495 e. The maximum atomic E-state index is 12.9. The number of hydrogen-bond acceptors (Lipinski definition) is 4. The van der Waals surface area contributed by atoms with Gasteiger partial charge in [0, 0.05) is 20.1 Å². The van der Waals surface area contributed by atoms with Gasteiger partial charge >= 0.3 is 0 Å². The van der Waals surface area contributed by atoms with Gasteiger partial charge in [0.05, 0.1) is 18.5 Å². The highest BCUT2D eigenvalue weighted by atomic mass is 16.5. The number of methoxy groups -OCH3 is 1. The van der Waals surface area contributed by atoms with Gasteiger partial charge in [-0.05, 0) is 30.5 Å². The standard InChI is InChI=1S/C20H26N4O3/c1-14(2)11-15-12-17(22(3)21-15)20(26)23-9-10-24(19(25)13-23)16-7-5-6-8-18(16)27-4/h5-8,12,14H,9-11,13H2,1-4H3. The third-order valence-electron chi connectivity index (χ3n) is 4.65. The van der Waals surface area contributed by atoms with Crippen molar-refractivity contribution in [1.29, 1.82) is 0 Å². The number of carbonyl (C=O) groups is 2. The van der Waals surface area contributed by atoms with Gasteiger partial charge in [0.2, 0.25) is 5.91 Å². The summed E-state index contributed by atoms with van der Waals surface area (Å²) in [6, 6.07) is 9.25. The van der Waals surface area contributed by atoms with E-state index < -0.39 is 0 Å². The van der Waals surface area contributed by atoms with Crippen LogP contribution in [0.15, 0.2) is 30.3 Å². The fourth-order valence-electron chi connectivity index (χ4n) is 3.36. The second-order valence-electron chi connectivity index (χ2n) is 7.19. The van der Waals surface area contributed by atoms with Crippen LogP contribution in [-0.2, 0) is 18.3 Å². The second kappa shape index (κ2) is 7.82. The first-order chi connectivity index (χ1) is 12.9. The van der Waals surface area contributed by atoms with Crippen LogP contribution in [0.25, 0.3) is 0 Å². The molecule has 0 bridgehead atoms. The molecule has 2 amide bonds. The fourth-order valence-corrected chi connectivity index (χ4v) is 3.36. The highest BCUT2D eigenvalue weighted by Crippen LogP contribution is 2.29. The summed E-state index contributed by atoms with van der Waals surface area (Å²) in [7, 11) is 3.35. The molecule has 1 aromatic heterocycles. The van der Waals surface area contributed by atoms with E-state index in [0.717, 1.165) is 17.8 Å². The van der Waals surface area contributed by atoms with Crippen molar-refractivity contribution in [2.75, 3.05) is 31.6 Å². The zero-order valence-electron chi connectivity index (χ0n) is 16.3. The van der Waals surface area contributed by atoms with Gasteiger partial charge in [0.15, 0.2) is 0 Å². The van der Waals surface area contributed by atoms with E-state index >= 15 is 0 Å². The molecule has 0 N–H and O–H groups in total. The lowest BCUT2D eigenvalue weighted by Gasteiger charge is -2.34. The SMILES string of the molecule is COc1ccccc1N1CCN(C(=O)c2cc(CC(C)C)nn2C)CC1=O. The number of carbonyl (C=O) groups excluding carboxylic acids is 2. The molecule has 0 radical (unpaired) electrons. The Balaban J connectivity index is 1.73. The Morgan fingerprint density at radius 3 is 2.67 bits per heavy atom. The van der Waals surface area contributed by atoms with E-state index in [-0.39, 0.29) is 18.4 Å². The lowest BCUT2D eigenvalue weighted by molar-refractivity contribution is -0.120. The predicted molar refractivity (Wildman–Crippen MR) is 103 cm³/mol. The van der Waals surface area contributed by atoms with Gasteiger partial charge in [-0.15, -0.1) is 0 Å². The Kier molecular flexibility index (Phi) is 5.48. The Morgan fingerprint density at radius 1 is 1.26 bits per heavy atom. The van der Waals surface area contributed by atoms with Crippen LogP contribution in [0.4, 0.5) is 5.69 Å². The molecule has 1 aliphatic heterocycles. The van der Waals surface area contributed by atoms with E-state index in [1.165, 1.54) is 0 Å². The normalized spacial score (nSPS) is 14.8. The molecule has 7 heteroatoms. The molecule has 1 aromatic carbocycles. The number of piperazine rings is 1. The monoisotopic (exact) mass is 370 g/mol. The largest absolute Gasteiger partial charge is 0.495 e. The summed E-state index contributed by atoms with van der Waals surface area (Å²) in [5.74, 6) is 0.834. The number of anilines is 1. The molecule has 0 spiro atoms. The summed E-state index contributed by atoms with van der Waals surface area (Å²) in [5.41, 5.74) is 2.15. The first-order valence-corrected chi connectivity index (χ1v) is 9.16. The van der Waals surface area contributed by atoms with E-state index in [1.54, 1.807) is 28.6 Å². The molecule has 0 unspecified atom stereocenters. The molecule has 2 heterocycles. The third kappa shape index (κ3) is 3.97. The average molecular weight is 370 g/mol. The highest BCUT2D eigenvalue weighted by Gasteiger charge is 2.31. The van der Waals surface area contributed by atoms with Crippen LogP contribution >= 0.6 is 0 Å². The van der Waals surface area contributed by atoms with Gasteiger partial charge in [-0.25, -0.2) is 0 Å². The summed E-state index contributed by atoms with van der Waals surface area (Å²) in [5, 5.41) is 4.43. The van der Waals surface area contributed by atoms with Gasteiger partial charge in [-0.3, -0.25) is 14.3 Å². The van der Waals surface area contributed by atoms with Crippen LogP contribution in [0, 0.1) is 5.92 Å². The fraction of sp³-hybridized carbons (Fsp3) is 0.450. The van der Waals surface area contributed by atoms with Crippen LogP contribution < -0.4 is 9.64 Å². The number of para-hydroxylation sites is 2. The average Bonchev–Trinajstić information content (AvgIpc) is 3.00. The molecule has 1 aliphatic rings. The number of hydrogen-bond donors (Lipinski definition) is 0. The van der Waals surface area contributed by atoms with Gasteiger partial charge in [-0.2, -0.15) is 5.10 Å². The minimum atomic E-state index is -0.159. The Bertz CT molecular complexity index is 844. The minimum absolute atomic E-state index is 0.0432. The Morgan fingerprint density at radius 2 is 2.00 bits per heavy atom. The summed E-state index contributed by atoms with van der Waals surface area (Å²) in [6.07, 6.45) is 0.821. The van der Waals surface area contributed by atoms with Crippen LogP contribution in [0.2, 0.25) is 0 Å². The molecule has 27 heavy (non-hydrogen) atoms. The van der Waals surface area contributed by atoms with E-state index in [4.69, 9.17) is 4.74 Å². The smallest absolute Gasteiger partial charge is 0.272 e. The zero-order chi connectivity index (χ0) is 19.6. The Labute approximate surface area is 159 Å². The van der Waals surface area contributed by atoms with Crippen LogP contribution in [0.5, 0.6) is 5.75 Å². The molecule has 2 aromatic rings. The van der Waals surface area contributed by atoms with Gasteiger partial charge in [0.1, 0.15) is 18.0 Å². The maximum Gasteiger partial charge on any atom is 0.272 e. The molecule has 7 nitrogen and oxygen atoms in total. The summed E-state index contributed by atoms with van der Waals surface area (Å²) in [6.45, 7) is 5.17. The van der Waals surface area contributed by atoms with Crippen molar-refractivity contribution in [3.63, 3.8) is 0 Å². The molecule has 1 saturated heterocycles. The number of amides is 2. The van der Waals surface area contributed by atoms with Crippen molar-refractivity contribution in [2.45, 2.75) is 20.3 Å². The second-order valence-corrected chi connectivity index (χ2v) is 7.19. The lowest BCUT2D eigenvalue weighted by atomic mass is 10.1. The van der Waals surface area contributed by atoms with Gasteiger partial charge in [-0.1, -0.05) is 26.0 Å². The Hall–Kier alpha value is -2.83. The van der Waals surface area contributed by atoms with Crippen molar-refractivity contribution in [1.82, 2.24) is 14.7 Å². The van der Waals surface area contributed by atoms with Crippen molar-refractivity contribution in [2.24, 2.45) is 13.0 Å². The molecule has 0 saturated carbocycles. The number of aryl methyl sites for hydroxylation is 1. The lowest BCUT2D eigenvalue weighted by Crippen LogP contribution is -2.52. The quantitative estimate of drug-likeness (QED) is 0.809. The van der Waals surface area contributed by atoms with E-state index in [2.05, 4.69) is 18.9 Å². The molecule has 3 rings (SSSR count). The zero-order valence-corrected chi connectivity index (χ0v) is 16.3. The summed E-state index contributed by atoms with van der Waals surface area (Å²) < 4.78 is 6.96. The molecular formula is C20H26N4O3. The van der Waals surface area contributed by atoms with Crippen LogP contribution in [0.3, 0.4) is 0 Å². The van der Waals surface area contributed by atoms with E-state index in [0.29, 0.717) is 30.5 Å². The van der Waals surface area contributed by atoms with Crippen molar-refractivity contribution < 1.29 is 14.3 Å². The summed E-state index contributed by atoms with van der Waals surface area (Å²) >= 11 is 0. The van der Waals surface area contributed by atoms with E-state index in [1.807, 2.05) is 30.3 Å². The van der Waals surface area contributed by atoms with E-state index in [9.17, 15) is 9.59 Å². The number of nitrogens with zero attached hydrogens (tertiary/aromatic N) is 4. The first kappa shape index (κ1) is 18.9. The van der Waals surface area contributed by atoms with Gasteiger partial charge < -0.3 is 14.5 Å².